The molecule has 0 radical (unpaired) electrons. The van der Waals surface area contributed by atoms with Crippen LogP contribution in [-0.4, -0.2) is 91.6 Å². The molecule has 1 aromatic heterocycles. The minimum atomic E-state index is -0.311. The van der Waals surface area contributed by atoms with Crippen molar-refractivity contribution in [3.8, 4) is 0 Å². The second-order valence-corrected chi connectivity index (χ2v) is 6.82. The number of hydrogen-bond donors (Lipinski definition) is 1. The Labute approximate surface area is 147 Å². The molecule has 2 saturated heterocycles. The van der Waals surface area contributed by atoms with Crippen LogP contribution in [0.25, 0.3) is 11.1 Å². The number of hydrogen-bond acceptors (Lipinski definition) is 7. The molecule has 7 nitrogen and oxygen atoms in total. The molecule has 2 aromatic rings. The van der Waals surface area contributed by atoms with Gasteiger partial charge in [-0.1, -0.05) is 12.1 Å². The van der Waals surface area contributed by atoms with E-state index in [-0.39, 0.29) is 6.10 Å². The zero-order valence-electron chi connectivity index (χ0n) is 14.5. The van der Waals surface area contributed by atoms with Crippen molar-refractivity contribution in [3.05, 3.63) is 24.3 Å². The molecule has 1 N–H and O–H groups in total. The standard InChI is InChI=1S/C18H26N4O3/c23-15(14-21-9-11-24-12-10-21)13-20-5-7-22(8-6-20)18-19-16-3-1-2-4-17(16)25-18/h1-4,15,23H,5-14H2/t15-/m0/s1. The number of rotatable bonds is 5. The number of benzene rings is 1. The summed E-state index contributed by atoms with van der Waals surface area (Å²) in [6, 6.07) is 8.56. The smallest absolute Gasteiger partial charge is 0.298 e. The van der Waals surface area contributed by atoms with E-state index in [0.717, 1.165) is 76.7 Å². The summed E-state index contributed by atoms with van der Waals surface area (Å²) in [5, 5.41) is 10.4. The highest BCUT2D eigenvalue weighted by Gasteiger charge is 2.23. The molecule has 2 fully saturated rings. The third-order valence-corrected chi connectivity index (χ3v) is 4.97. The average Bonchev–Trinajstić information content (AvgIpc) is 3.07. The molecular formula is C18H26N4O3. The maximum atomic E-state index is 10.4. The van der Waals surface area contributed by atoms with Crippen LogP contribution >= 0.6 is 0 Å². The van der Waals surface area contributed by atoms with Crippen molar-refractivity contribution in [2.45, 2.75) is 6.10 Å². The molecule has 2 aliphatic rings. The molecule has 0 spiro atoms. The first-order valence-electron chi connectivity index (χ1n) is 9.09. The van der Waals surface area contributed by atoms with Crippen molar-refractivity contribution in [3.63, 3.8) is 0 Å². The van der Waals surface area contributed by atoms with Gasteiger partial charge in [-0.05, 0) is 12.1 Å². The van der Waals surface area contributed by atoms with Gasteiger partial charge in [-0.2, -0.15) is 4.98 Å². The van der Waals surface area contributed by atoms with Gasteiger partial charge in [0.2, 0.25) is 0 Å². The first-order valence-corrected chi connectivity index (χ1v) is 9.09. The van der Waals surface area contributed by atoms with Crippen molar-refractivity contribution in [2.24, 2.45) is 0 Å². The summed E-state index contributed by atoms with van der Waals surface area (Å²) in [5.41, 5.74) is 1.74. The predicted octanol–water partition coefficient (Wildman–Crippen LogP) is 0.643. The molecular weight excluding hydrogens is 320 g/mol. The number of anilines is 1. The highest BCUT2D eigenvalue weighted by Crippen LogP contribution is 2.22. The normalized spacial score (nSPS) is 21.7. The van der Waals surface area contributed by atoms with E-state index in [0.29, 0.717) is 6.01 Å². The Balaban J connectivity index is 1.26. The van der Waals surface area contributed by atoms with E-state index in [1.807, 2.05) is 24.3 Å². The minimum Gasteiger partial charge on any atom is -0.423 e. The second-order valence-electron chi connectivity index (χ2n) is 6.82. The molecule has 1 atom stereocenters. The van der Waals surface area contributed by atoms with Gasteiger partial charge < -0.3 is 19.2 Å². The second kappa shape index (κ2) is 7.70. The highest BCUT2D eigenvalue weighted by atomic mass is 16.5. The van der Waals surface area contributed by atoms with Crippen LogP contribution in [0.5, 0.6) is 0 Å². The number of fused-ring (bicyclic) bond motifs is 1. The minimum absolute atomic E-state index is 0.311. The molecule has 3 heterocycles. The van der Waals surface area contributed by atoms with Crippen molar-refractivity contribution in [2.75, 3.05) is 70.5 Å². The van der Waals surface area contributed by atoms with Gasteiger partial charge in [0.15, 0.2) is 5.58 Å². The molecule has 7 heteroatoms. The van der Waals surface area contributed by atoms with Gasteiger partial charge in [0.1, 0.15) is 5.52 Å². The van der Waals surface area contributed by atoms with E-state index in [1.165, 1.54) is 0 Å². The monoisotopic (exact) mass is 346 g/mol. The van der Waals surface area contributed by atoms with E-state index < -0.39 is 0 Å². The van der Waals surface area contributed by atoms with Gasteiger partial charge in [-0.3, -0.25) is 9.80 Å². The zero-order chi connectivity index (χ0) is 17.1. The number of morpholine rings is 1. The van der Waals surface area contributed by atoms with Crippen LogP contribution in [0, 0.1) is 0 Å². The van der Waals surface area contributed by atoms with Crippen LogP contribution in [0.15, 0.2) is 28.7 Å². The van der Waals surface area contributed by atoms with Crippen LogP contribution in [0.1, 0.15) is 0 Å². The van der Waals surface area contributed by atoms with Crippen molar-refractivity contribution in [1.82, 2.24) is 14.8 Å². The first kappa shape index (κ1) is 16.8. The molecule has 0 amide bonds. The topological polar surface area (TPSA) is 65.2 Å². The zero-order valence-corrected chi connectivity index (χ0v) is 14.5. The van der Waals surface area contributed by atoms with Crippen molar-refractivity contribution < 1.29 is 14.3 Å². The number of aliphatic hydroxyl groups excluding tert-OH is 1. The molecule has 1 aromatic carbocycles. The third-order valence-electron chi connectivity index (χ3n) is 4.97. The highest BCUT2D eigenvalue weighted by molar-refractivity contribution is 5.74. The molecule has 2 aliphatic heterocycles. The maximum Gasteiger partial charge on any atom is 0.298 e. The number of nitrogens with zero attached hydrogens (tertiary/aromatic N) is 4. The molecule has 25 heavy (non-hydrogen) atoms. The first-order chi connectivity index (χ1) is 12.3. The SMILES string of the molecule is O[C@H](CN1CCOCC1)CN1CCN(c2nc3ccccc3o2)CC1. The Bertz CT molecular complexity index is 645. The lowest BCUT2D eigenvalue weighted by Crippen LogP contribution is -2.51. The summed E-state index contributed by atoms with van der Waals surface area (Å²) in [6.45, 7) is 8.41. The number of para-hydroxylation sites is 2. The van der Waals surface area contributed by atoms with Crippen LogP contribution in [0.2, 0.25) is 0 Å². The summed E-state index contributed by atoms with van der Waals surface area (Å²) in [4.78, 5) is 11.4. The Morgan fingerprint density at radius 3 is 2.36 bits per heavy atom. The summed E-state index contributed by atoms with van der Waals surface area (Å²) < 4.78 is 11.2. The van der Waals surface area contributed by atoms with Gasteiger partial charge in [-0.15, -0.1) is 0 Å². The number of aromatic nitrogens is 1. The van der Waals surface area contributed by atoms with Crippen LogP contribution in [0.4, 0.5) is 6.01 Å². The molecule has 136 valence electrons. The number of oxazole rings is 1. The van der Waals surface area contributed by atoms with E-state index in [1.54, 1.807) is 0 Å². The van der Waals surface area contributed by atoms with Gasteiger partial charge in [-0.25, -0.2) is 0 Å². The largest absolute Gasteiger partial charge is 0.423 e. The fourth-order valence-corrected chi connectivity index (χ4v) is 3.55. The third kappa shape index (κ3) is 4.12. The summed E-state index contributed by atoms with van der Waals surface area (Å²) in [5.74, 6) is 0. The predicted molar refractivity (Wildman–Crippen MR) is 95.9 cm³/mol. The van der Waals surface area contributed by atoms with E-state index >= 15 is 0 Å². The number of piperazine rings is 1. The van der Waals surface area contributed by atoms with Crippen LogP contribution in [0.3, 0.4) is 0 Å². The molecule has 0 unspecified atom stereocenters. The molecule has 0 saturated carbocycles. The lowest BCUT2D eigenvalue weighted by Gasteiger charge is -2.36. The van der Waals surface area contributed by atoms with Crippen LogP contribution in [-0.2, 0) is 4.74 Å². The number of β-amino-alcohol motifs (C(OH)–C–C–N with tert-alkyl or cyclic N) is 1. The fraction of sp³-hybridized carbons (Fsp3) is 0.611. The van der Waals surface area contributed by atoms with Gasteiger partial charge in [0.25, 0.3) is 6.01 Å². The fourth-order valence-electron chi connectivity index (χ4n) is 3.55. The summed E-state index contributed by atoms with van der Waals surface area (Å²) in [7, 11) is 0. The van der Waals surface area contributed by atoms with E-state index in [4.69, 9.17) is 9.15 Å². The number of ether oxygens (including phenoxy) is 1. The quantitative estimate of drug-likeness (QED) is 0.852. The molecule has 4 rings (SSSR count). The summed E-state index contributed by atoms with van der Waals surface area (Å²) >= 11 is 0. The van der Waals surface area contributed by atoms with Crippen molar-refractivity contribution >= 4 is 17.1 Å². The molecule has 0 aliphatic carbocycles. The summed E-state index contributed by atoms with van der Waals surface area (Å²) in [6.07, 6.45) is -0.311. The number of aliphatic hydroxyl groups is 1. The Morgan fingerprint density at radius 1 is 0.960 bits per heavy atom. The molecule has 0 bridgehead atoms. The van der Waals surface area contributed by atoms with Crippen LogP contribution < -0.4 is 4.90 Å². The van der Waals surface area contributed by atoms with Crippen molar-refractivity contribution in [1.29, 1.82) is 0 Å². The Hall–Kier alpha value is -1.67. The lowest BCUT2D eigenvalue weighted by atomic mass is 10.2. The maximum absolute atomic E-state index is 10.4. The average molecular weight is 346 g/mol. The lowest BCUT2D eigenvalue weighted by molar-refractivity contribution is 0.00651. The van der Waals surface area contributed by atoms with Gasteiger partial charge in [0, 0.05) is 52.4 Å². The van der Waals surface area contributed by atoms with Gasteiger partial charge >= 0.3 is 0 Å². The van der Waals surface area contributed by atoms with Gasteiger partial charge in [0.05, 0.1) is 19.3 Å². The Morgan fingerprint density at radius 2 is 1.64 bits per heavy atom. The Kier molecular flexibility index (Phi) is 5.17. The van der Waals surface area contributed by atoms with E-state index in [9.17, 15) is 5.11 Å². The van der Waals surface area contributed by atoms with E-state index in [2.05, 4.69) is 19.7 Å².